The van der Waals surface area contributed by atoms with Crippen molar-refractivity contribution in [3.05, 3.63) is 59.9 Å². The van der Waals surface area contributed by atoms with Gasteiger partial charge in [-0.2, -0.15) is 5.26 Å². The molecule has 1 aromatic heterocycles. The van der Waals surface area contributed by atoms with Gasteiger partial charge in [-0.05, 0) is 49.1 Å². The van der Waals surface area contributed by atoms with Crippen LogP contribution >= 0.6 is 0 Å². The van der Waals surface area contributed by atoms with E-state index in [0.717, 1.165) is 29.8 Å². The first-order valence-electron chi connectivity index (χ1n) is 8.74. The number of carbonyl (C=O) groups is 1. The number of benzene rings is 1. The van der Waals surface area contributed by atoms with Gasteiger partial charge in [0.25, 0.3) is 0 Å². The standard InChI is InChI=1S/C20H22N4O2/c21-13-17-5-3-11-24(17)20(25)19(22)12-15-6-8-18(9-7-15)26-14-16-4-1-2-10-23-16/h1-2,4,6-10,17,19H,3,5,11-12,14,22H2/t17-,19?/m0/s1. The van der Waals surface area contributed by atoms with Crippen LogP contribution in [0.2, 0.25) is 0 Å². The first kappa shape index (κ1) is 17.9. The van der Waals surface area contributed by atoms with Crippen LogP contribution in [0.25, 0.3) is 0 Å². The van der Waals surface area contributed by atoms with E-state index in [-0.39, 0.29) is 11.9 Å². The van der Waals surface area contributed by atoms with Crippen LogP contribution in [0.1, 0.15) is 24.1 Å². The van der Waals surface area contributed by atoms with Crippen LogP contribution in [0.4, 0.5) is 0 Å². The Labute approximate surface area is 153 Å². The van der Waals surface area contributed by atoms with Gasteiger partial charge in [-0.25, -0.2) is 0 Å². The van der Waals surface area contributed by atoms with Crippen LogP contribution in [0.3, 0.4) is 0 Å². The highest BCUT2D eigenvalue weighted by atomic mass is 16.5. The molecule has 0 bridgehead atoms. The molecular formula is C20H22N4O2. The third-order valence-electron chi connectivity index (χ3n) is 4.49. The van der Waals surface area contributed by atoms with Gasteiger partial charge in [-0.15, -0.1) is 0 Å². The maximum absolute atomic E-state index is 12.5. The monoisotopic (exact) mass is 350 g/mol. The van der Waals surface area contributed by atoms with Gasteiger partial charge in [0.15, 0.2) is 0 Å². The molecule has 2 aromatic rings. The maximum atomic E-state index is 12.5. The molecule has 1 amide bonds. The van der Waals surface area contributed by atoms with E-state index in [1.807, 2.05) is 42.5 Å². The highest BCUT2D eigenvalue weighted by molar-refractivity contribution is 5.82. The number of carbonyl (C=O) groups excluding carboxylic acids is 1. The van der Waals surface area contributed by atoms with Crippen LogP contribution in [0, 0.1) is 11.3 Å². The van der Waals surface area contributed by atoms with Gasteiger partial charge in [0.2, 0.25) is 5.91 Å². The summed E-state index contributed by atoms with van der Waals surface area (Å²) < 4.78 is 5.70. The average molecular weight is 350 g/mol. The Morgan fingerprint density at radius 1 is 1.35 bits per heavy atom. The van der Waals surface area contributed by atoms with Crippen LogP contribution < -0.4 is 10.5 Å². The molecule has 26 heavy (non-hydrogen) atoms. The zero-order valence-electron chi connectivity index (χ0n) is 14.5. The number of likely N-dealkylation sites (tertiary alicyclic amines) is 1. The van der Waals surface area contributed by atoms with Crippen molar-refractivity contribution in [3.8, 4) is 11.8 Å². The summed E-state index contributed by atoms with van der Waals surface area (Å²) in [5, 5.41) is 9.12. The van der Waals surface area contributed by atoms with E-state index in [1.165, 1.54) is 0 Å². The minimum Gasteiger partial charge on any atom is -0.487 e. The molecule has 1 saturated heterocycles. The second-order valence-corrected chi connectivity index (χ2v) is 6.38. The van der Waals surface area contributed by atoms with E-state index in [2.05, 4.69) is 11.1 Å². The second-order valence-electron chi connectivity index (χ2n) is 6.38. The Balaban J connectivity index is 1.53. The minimum absolute atomic E-state index is 0.149. The fourth-order valence-electron chi connectivity index (χ4n) is 3.08. The first-order valence-corrected chi connectivity index (χ1v) is 8.74. The van der Waals surface area contributed by atoms with Gasteiger partial charge in [-0.1, -0.05) is 18.2 Å². The number of ether oxygens (including phenoxy) is 1. The predicted molar refractivity (Wildman–Crippen MR) is 97.0 cm³/mol. The van der Waals surface area contributed by atoms with Crippen molar-refractivity contribution in [1.82, 2.24) is 9.88 Å². The lowest BCUT2D eigenvalue weighted by atomic mass is 10.1. The lowest BCUT2D eigenvalue weighted by Crippen LogP contribution is -2.46. The number of rotatable bonds is 6. The topological polar surface area (TPSA) is 92.2 Å². The summed E-state index contributed by atoms with van der Waals surface area (Å²) in [6, 6.07) is 14.4. The number of nitriles is 1. The lowest BCUT2D eigenvalue weighted by Gasteiger charge is -2.23. The number of hydrogen-bond acceptors (Lipinski definition) is 5. The lowest BCUT2D eigenvalue weighted by molar-refractivity contribution is -0.132. The summed E-state index contributed by atoms with van der Waals surface area (Å²) in [4.78, 5) is 18.3. The summed E-state index contributed by atoms with van der Waals surface area (Å²) in [6.07, 6.45) is 3.77. The molecule has 134 valence electrons. The highest BCUT2D eigenvalue weighted by Gasteiger charge is 2.31. The Bertz CT molecular complexity index is 771. The molecule has 1 aliphatic heterocycles. The van der Waals surface area contributed by atoms with Crippen molar-refractivity contribution in [3.63, 3.8) is 0 Å². The zero-order chi connectivity index (χ0) is 18.4. The van der Waals surface area contributed by atoms with Crippen molar-refractivity contribution >= 4 is 5.91 Å². The molecule has 0 saturated carbocycles. The van der Waals surface area contributed by atoms with Gasteiger partial charge in [-0.3, -0.25) is 9.78 Å². The minimum atomic E-state index is -0.635. The zero-order valence-corrected chi connectivity index (χ0v) is 14.5. The molecule has 1 unspecified atom stereocenters. The van der Waals surface area contributed by atoms with Gasteiger partial charge < -0.3 is 15.4 Å². The number of nitrogens with zero attached hydrogens (tertiary/aromatic N) is 3. The van der Waals surface area contributed by atoms with Crippen molar-refractivity contribution in [2.24, 2.45) is 5.73 Å². The molecule has 6 heteroatoms. The van der Waals surface area contributed by atoms with E-state index in [9.17, 15) is 4.79 Å². The molecule has 0 radical (unpaired) electrons. The largest absolute Gasteiger partial charge is 0.487 e. The maximum Gasteiger partial charge on any atom is 0.240 e. The number of hydrogen-bond donors (Lipinski definition) is 1. The molecule has 0 spiro atoms. The predicted octanol–water partition coefficient (Wildman–Crippen LogP) is 2.04. The molecule has 6 nitrogen and oxygen atoms in total. The first-order chi connectivity index (χ1) is 12.7. The van der Waals surface area contributed by atoms with E-state index in [0.29, 0.717) is 19.6 Å². The Morgan fingerprint density at radius 2 is 2.15 bits per heavy atom. The van der Waals surface area contributed by atoms with E-state index in [4.69, 9.17) is 15.7 Å². The fourth-order valence-corrected chi connectivity index (χ4v) is 3.08. The second kappa shape index (κ2) is 8.45. The number of aromatic nitrogens is 1. The third-order valence-corrected chi connectivity index (χ3v) is 4.49. The van der Waals surface area contributed by atoms with Crippen molar-refractivity contribution in [2.75, 3.05) is 6.54 Å². The van der Waals surface area contributed by atoms with Crippen LogP contribution in [0.5, 0.6) is 5.75 Å². The Kier molecular flexibility index (Phi) is 5.82. The molecule has 2 heterocycles. The van der Waals surface area contributed by atoms with Crippen LogP contribution in [0.15, 0.2) is 48.7 Å². The summed E-state index contributed by atoms with van der Waals surface area (Å²) in [5.74, 6) is 0.591. The van der Waals surface area contributed by atoms with Crippen molar-refractivity contribution < 1.29 is 9.53 Å². The van der Waals surface area contributed by atoms with Gasteiger partial charge in [0.1, 0.15) is 18.4 Å². The Hall–Kier alpha value is -2.91. The van der Waals surface area contributed by atoms with Gasteiger partial charge in [0.05, 0.1) is 17.8 Å². The average Bonchev–Trinajstić information content (AvgIpc) is 3.16. The van der Waals surface area contributed by atoms with Crippen molar-refractivity contribution in [1.29, 1.82) is 5.26 Å². The summed E-state index contributed by atoms with van der Waals surface area (Å²) >= 11 is 0. The molecule has 1 aliphatic rings. The fraction of sp³-hybridized carbons (Fsp3) is 0.350. The highest BCUT2D eigenvalue weighted by Crippen LogP contribution is 2.19. The van der Waals surface area contributed by atoms with Crippen LogP contribution in [-0.2, 0) is 17.8 Å². The van der Waals surface area contributed by atoms with E-state index < -0.39 is 6.04 Å². The third kappa shape index (κ3) is 4.38. The van der Waals surface area contributed by atoms with E-state index >= 15 is 0 Å². The van der Waals surface area contributed by atoms with Crippen LogP contribution in [-0.4, -0.2) is 34.4 Å². The summed E-state index contributed by atoms with van der Waals surface area (Å²) in [7, 11) is 0. The molecule has 1 aromatic carbocycles. The van der Waals surface area contributed by atoms with Gasteiger partial charge >= 0.3 is 0 Å². The molecular weight excluding hydrogens is 328 g/mol. The summed E-state index contributed by atoms with van der Waals surface area (Å²) in [6.45, 7) is 1.02. The number of nitrogens with two attached hydrogens (primary N) is 1. The molecule has 2 N–H and O–H groups in total. The Morgan fingerprint density at radius 3 is 2.85 bits per heavy atom. The van der Waals surface area contributed by atoms with Crippen molar-refractivity contribution in [2.45, 2.75) is 38.0 Å². The smallest absolute Gasteiger partial charge is 0.240 e. The number of pyridine rings is 1. The number of amides is 1. The summed E-state index contributed by atoms with van der Waals surface area (Å²) in [5.41, 5.74) is 7.90. The SMILES string of the molecule is N#C[C@@H]1CCCN1C(=O)C(N)Cc1ccc(OCc2ccccn2)cc1. The van der Waals surface area contributed by atoms with E-state index in [1.54, 1.807) is 11.1 Å². The molecule has 3 rings (SSSR count). The van der Waals surface area contributed by atoms with Gasteiger partial charge in [0, 0.05) is 12.7 Å². The quantitative estimate of drug-likeness (QED) is 0.861. The molecule has 2 atom stereocenters. The molecule has 1 fully saturated rings. The normalized spacial score (nSPS) is 17.5. The molecule has 0 aliphatic carbocycles.